The van der Waals surface area contributed by atoms with E-state index in [1.54, 1.807) is 16.7 Å². The van der Waals surface area contributed by atoms with Gasteiger partial charge in [-0.2, -0.15) is 0 Å². The summed E-state index contributed by atoms with van der Waals surface area (Å²) in [6, 6.07) is -0.617. The Balaban J connectivity index is 1.99. The third-order valence-corrected chi connectivity index (χ3v) is 8.41. The SMILES string of the molecule is CCCNC(=O)[C@@H]1[C@@H]2CC(C)C3(S2)C(C(=O)NC(C)C)N(CCCO)C(=O)[C@H]13. The molecular formula is C20H33N3O4S. The fourth-order valence-corrected chi connectivity index (χ4v) is 7.75. The van der Waals surface area contributed by atoms with Gasteiger partial charge in [0, 0.05) is 31.0 Å². The van der Waals surface area contributed by atoms with Crippen LogP contribution in [0.2, 0.25) is 0 Å². The Labute approximate surface area is 171 Å². The Hall–Kier alpha value is -1.28. The fourth-order valence-electron chi connectivity index (χ4n) is 5.33. The lowest BCUT2D eigenvalue weighted by atomic mass is 9.66. The average Bonchev–Trinajstić information content (AvgIpc) is 3.21. The predicted molar refractivity (Wildman–Crippen MR) is 109 cm³/mol. The maximum atomic E-state index is 13.5. The molecule has 3 heterocycles. The summed E-state index contributed by atoms with van der Waals surface area (Å²) in [5, 5.41) is 15.3. The second kappa shape index (κ2) is 8.22. The first-order valence-electron chi connectivity index (χ1n) is 10.5. The fraction of sp³-hybridized carbons (Fsp3) is 0.850. The van der Waals surface area contributed by atoms with Crippen LogP contribution in [-0.2, 0) is 14.4 Å². The van der Waals surface area contributed by atoms with Crippen LogP contribution in [-0.4, -0.2) is 69.5 Å². The molecule has 158 valence electrons. The van der Waals surface area contributed by atoms with Gasteiger partial charge in [0.25, 0.3) is 0 Å². The first kappa shape index (κ1) is 21.4. The summed E-state index contributed by atoms with van der Waals surface area (Å²) in [4.78, 5) is 41.3. The molecular weight excluding hydrogens is 378 g/mol. The van der Waals surface area contributed by atoms with Gasteiger partial charge in [-0.05, 0) is 39.0 Å². The van der Waals surface area contributed by atoms with E-state index in [1.807, 2.05) is 20.8 Å². The third kappa shape index (κ3) is 3.22. The zero-order valence-corrected chi connectivity index (χ0v) is 18.1. The Morgan fingerprint density at radius 2 is 2.07 bits per heavy atom. The van der Waals surface area contributed by atoms with Gasteiger partial charge in [-0.1, -0.05) is 13.8 Å². The number of nitrogens with one attached hydrogen (secondary N) is 2. The van der Waals surface area contributed by atoms with E-state index in [-0.39, 0.29) is 47.5 Å². The number of fused-ring (bicyclic) bond motifs is 1. The molecule has 3 unspecified atom stereocenters. The number of aliphatic hydroxyl groups excluding tert-OH is 1. The molecule has 0 radical (unpaired) electrons. The second-order valence-electron chi connectivity index (χ2n) is 8.62. The minimum atomic E-state index is -0.590. The van der Waals surface area contributed by atoms with Gasteiger partial charge in [0.15, 0.2) is 0 Å². The number of amides is 3. The highest BCUT2D eigenvalue weighted by atomic mass is 32.2. The van der Waals surface area contributed by atoms with E-state index in [9.17, 15) is 19.5 Å². The molecule has 3 saturated heterocycles. The lowest BCUT2D eigenvalue weighted by Crippen LogP contribution is -2.57. The van der Waals surface area contributed by atoms with Gasteiger partial charge in [0.1, 0.15) is 6.04 Å². The quantitative estimate of drug-likeness (QED) is 0.548. The maximum Gasteiger partial charge on any atom is 0.244 e. The van der Waals surface area contributed by atoms with Gasteiger partial charge < -0.3 is 20.6 Å². The van der Waals surface area contributed by atoms with E-state index in [4.69, 9.17) is 0 Å². The van der Waals surface area contributed by atoms with Crippen LogP contribution < -0.4 is 10.6 Å². The molecule has 7 nitrogen and oxygen atoms in total. The van der Waals surface area contributed by atoms with Crippen molar-refractivity contribution in [1.82, 2.24) is 15.5 Å². The van der Waals surface area contributed by atoms with Gasteiger partial charge >= 0.3 is 0 Å². The third-order valence-electron chi connectivity index (χ3n) is 6.33. The monoisotopic (exact) mass is 411 g/mol. The van der Waals surface area contributed by atoms with E-state index in [0.717, 1.165) is 12.8 Å². The first-order valence-corrected chi connectivity index (χ1v) is 11.3. The molecule has 3 aliphatic rings. The lowest BCUT2D eigenvalue weighted by Gasteiger charge is -2.39. The summed E-state index contributed by atoms with van der Waals surface area (Å²) >= 11 is 1.69. The van der Waals surface area contributed by atoms with Crippen LogP contribution in [0.25, 0.3) is 0 Å². The minimum absolute atomic E-state index is 0.0275. The molecule has 3 N–H and O–H groups in total. The lowest BCUT2D eigenvalue weighted by molar-refractivity contribution is -0.140. The Kier molecular flexibility index (Phi) is 6.29. The molecule has 28 heavy (non-hydrogen) atoms. The largest absolute Gasteiger partial charge is 0.396 e. The normalized spacial score (nSPS) is 36.1. The van der Waals surface area contributed by atoms with E-state index in [1.165, 1.54) is 0 Å². The molecule has 3 rings (SSSR count). The van der Waals surface area contributed by atoms with Gasteiger partial charge in [0.05, 0.1) is 16.6 Å². The molecule has 1 spiro atoms. The first-order chi connectivity index (χ1) is 13.3. The van der Waals surface area contributed by atoms with E-state index in [2.05, 4.69) is 17.6 Å². The summed E-state index contributed by atoms with van der Waals surface area (Å²) in [5.74, 6) is -0.973. The molecule has 6 atom stereocenters. The number of nitrogens with zero attached hydrogens (tertiary/aromatic N) is 1. The van der Waals surface area contributed by atoms with Crippen LogP contribution in [0.3, 0.4) is 0 Å². The number of thioether (sulfide) groups is 1. The molecule has 0 aromatic heterocycles. The predicted octanol–water partition coefficient (Wildman–Crippen LogP) is 0.757. The molecule has 0 aliphatic carbocycles. The molecule has 3 fully saturated rings. The number of likely N-dealkylation sites (tertiary alicyclic amines) is 1. The van der Waals surface area contributed by atoms with Crippen molar-refractivity contribution in [1.29, 1.82) is 0 Å². The van der Waals surface area contributed by atoms with Gasteiger partial charge in [-0.3, -0.25) is 14.4 Å². The van der Waals surface area contributed by atoms with E-state index in [0.29, 0.717) is 19.5 Å². The maximum absolute atomic E-state index is 13.5. The number of aliphatic hydroxyl groups is 1. The Morgan fingerprint density at radius 1 is 1.36 bits per heavy atom. The van der Waals surface area contributed by atoms with E-state index < -0.39 is 16.7 Å². The molecule has 2 bridgehead atoms. The van der Waals surface area contributed by atoms with Crippen molar-refractivity contribution in [3.05, 3.63) is 0 Å². The summed E-state index contributed by atoms with van der Waals surface area (Å²) < 4.78 is -0.565. The smallest absolute Gasteiger partial charge is 0.244 e. The Bertz CT molecular complexity index is 643. The minimum Gasteiger partial charge on any atom is -0.396 e. The van der Waals surface area contributed by atoms with Crippen LogP contribution >= 0.6 is 11.8 Å². The highest BCUT2D eigenvalue weighted by Gasteiger charge is 2.75. The molecule has 0 aromatic rings. The zero-order chi connectivity index (χ0) is 20.6. The van der Waals surface area contributed by atoms with Crippen LogP contribution in [0.15, 0.2) is 0 Å². The molecule has 8 heteroatoms. The summed E-state index contributed by atoms with van der Waals surface area (Å²) in [5.41, 5.74) is 0. The van der Waals surface area contributed by atoms with Crippen molar-refractivity contribution in [3.8, 4) is 0 Å². The number of rotatable bonds is 8. The number of carbonyl (C=O) groups is 3. The highest BCUT2D eigenvalue weighted by Crippen LogP contribution is 2.68. The molecule has 0 aromatic carbocycles. The zero-order valence-electron chi connectivity index (χ0n) is 17.2. The van der Waals surface area contributed by atoms with Crippen LogP contribution in [0.5, 0.6) is 0 Å². The molecule has 0 saturated carbocycles. The van der Waals surface area contributed by atoms with Gasteiger partial charge in [-0.15, -0.1) is 11.8 Å². The Morgan fingerprint density at radius 3 is 2.68 bits per heavy atom. The summed E-state index contributed by atoms with van der Waals surface area (Å²) in [6.45, 7) is 8.83. The van der Waals surface area contributed by atoms with Crippen LogP contribution in [0, 0.1) is 17.8 Å². The summed E-state index contributed by atoms with van der Waals surface area (Å²) in [6.07, 6.45) is 2.12. The van der Waals surface area contributed by atoms with Crippen molar-refractivity contribution >= 4 is 29.5 Å². The van der Waals surface area contributed by atoms with Crippen molar-refractivity contribution in [2.75, 3.05) is 19.7 Å². The van der Waals surface area contributed by atoms with Crippen molar-refractivity contribution in [2.24, 2.45) is 17.8 Å². The summed E-state index contributed by atoms with van der Waals surface area (Å²) in [7, 11) is 0. The van der Waals surface area contributed by atoms with Gasteiger partial charge in [-0.25, -0.2) is 0 Å². The second-order valence-corrected chi connectivity index (χ2v) is 10.2. The average molecular weight is 412 g/mol. The van der Waals surface area contributed by atoms with E-state index >= 15 is 0 Å². The molecule has 3 amide bonds. The van der Waals surface area contributed by atoms with Crippen molar-refractivity contribution in [3.63, 3.8) is 0 Å². The number of hydrogen-bond acceptors (Lipinski definition) is 5. The number of carbonyl (C=O) groups excluding carboxylic acids is 3. The van der Waals surface area contributed by atoms with Crippen molar-refractivity contribution < 1.29 is 19.5 Å². The van der Waals surface area contributed by atoms with Gasteiger partial charge in [0.2, 0.25) is 17.7 Å². The standard InChI is InChI=1S/C20H33N3O4S/c1-5-7-21-17(25)14-13-10-12(4)20(28-13)15(14)19(27)23(8-6-9-24)16(20)18(26)22-11(2)3/h11-16,24H,5-10H2,1-4H3,(H,21,25)(H,22,26)/t12?,13-,14+,15-,16?,20?/m0/s1. The van der Waals surface area contributed by atoms with Crippen LogP contribution in [0.1, 0.15) is 47.0 Å². The van der Waals surface area contributed by atoms with Crippen molar-refractivity contribution in [2.45, 2.75) is 69.0 Å². The van der Waals surface area contributed by atoms with Crippen LogP contribution in [0.4, 0.5) is 0 Å². The molecule has 3 aliphatic heterocycles. The highest BCUT2D eigenvalue weighted by molar-refractivity contribution is 8.02. The number of hydrogen-bond donors (Lipinski definition) is 3. The topological polar surface area (TPSA) is 98.7 Å².